The lowest BCUT2D eigenvalue weighted by Gasteiger charge is -2.18. The molecule has 16 heavy (non-hydrogen) atoms. The summed E-state index contributed by atoms with van der Waals surface area (Å²) in [4.78, 5) is 22.1. The number of carbonyl (C=O) groups is 2. The first kappa shape index (κ1) is 10.5. The molecule has 0 radical (unpaired) electrons. The lowest BCUT2D eigenvalue weighted by atomic mass is 10.00. The summed E-state index contributed by atoms with van der Waals surface area (Å²) in [5, 5.41) is 18.2. The minimum Gasteiger partial charge on any atom is -0.504 e. The number of ketones is 1. The highest BCUT2D eigenvalue weighted by atomic mass is 16.5. The van der Waals surface area contributed by atoms with Crippen LogP contribution in [-0.4, -0.2) is 28.6 Å². The Morgan fingerprint density at radius 2 is 2.19 bits per heavy atom. The third-order valence-corrected chi connectivity index (χ3v) is 2.36. The van der Waals surface area contributed by atoms with Crippen LogP contribution in [0.2, 0.25) is 0 Å². The first-order chi connectivity index (χ1) is 7.58. The molecular formula is C11H10O5. The van der Waals surface area contributed by atoms with Gasteiger partial charge in [-0.25, -0.2) is 0 Å². The number of rotatable bonds is 2. The second-order valence-corrected chi connectivity index (χ2v) is 3.58. The first-order valence-corrected chi connectivity index (χ1v) is 4.81. The van der Waals surface area contributed by atoms with Gasteiger partial charge < -0.3 is 14.9 Å². The van der Waals surface area contributed by atoms with Crippen LogP contribution in [0.5, 0.6) is 11.5 Å². The van der Waals surface area contributed by atoms with E-state index in [1.807, 2.05) is 0 Å². The highest BCUT2D eigenvalue weighted by molar-refractivity contribution is 6.00. The van der Waals surface area contributed by atoms with Gasteiger partial charge >= 0.3 is 5.97 Å². The number of hydrogen-bond donors (Lipinski definition) is 2. The highest BCUT2D eigenvalue weighted by Gasteiger charge is 2.22. The Morgan fingerprint density at radius 3 is 2.88 bits per heavy atom. The second kappa shape index (κ2) is 3.84. The number of hydrogen-bond acceptors (Lipinski definition) is 4. The van der Waals surface area contributed by atoms with Crippen molar-refractivity contribution in [3.8, 4) is 11.5 Å². The molecule has 2 N–H and O–H groups in total. The van der Waals surface area contributed by atoms with Crippen LogP contribution in [0.15, 0.2) is 12.1 Å². The summed E-state index contributed by atoms with van der Waals surface area (Å²) in [6.07, 6.45) is 0.0249. The van der Waals surface area contributed by atoms with Gasteiger partial charge in [-0.3, -0.25) is 9.59 Å². The van der Waals surface area contributed by atoms with Crippen molar-refractivity contribution in [1.29, 1.82) is 0 Å². The number of benzene rings is 1. The number of phenols is 1. The van der Waals surface area contributed by atoms with Gasteiger partial charge in [-0.15, -0.1) is 0 Å². The minimum atomic E-state index is -1.01. The Balaban J connectivity index is 2.46. The summed E-state index contributed by atoms with van der Waals surface area (Å²) in [7, 11) is 0. The lowest BCUT2D eigenvalue weighted by Crippen LogP contribution is -2.16. The molecule has 5 heteroatoms. The molecule has 0 unspecified atom stereocenters. The fraction of sp³-hybridized carbons (Fsp3) is 0.273. The number of Topliss-reactive ketones (excluding diaryl/α,β-unsaturated/α-hetero) is 1. The van der Waals surface area contributed by atoms with Gasteiger partial charge in [0.05, 0.1) is 18.6 Å². The monoisotopic (exact) mass is 222 g/mol. The average molecular weight is 222 g/mol. The van der Waals surface area contributed by atoms with E-state index in [0.29, 0.717) is 5.56 Å². The van der Waals surface area contributed by atoms with E-state index in [1.54, 1.807) is 0 Å². The van der Waals surface area contributed by atoms with E-state index in [9.17, 15) is 14.7 Å². The molecule has 0 atom stereocenters. The molecule has 0 saturated carbocycles. The Morgan fingerprint density at radius 1 is 1.44 bits per heavy atom. The Labute approximate surface area is 91.3 Å². The zero-order valence-corrected chi connectivity index (χ0v) is 8.40. The van der Waals surface area contributed by atoms with E-state index in [1.165, 1.54) is 12.1 Å². The van der Waals surface area contributed by atoms with Crippen molar-refractivity contribution in [2.24, 2.45) is 0 Å². The van der Waals surface area contributed by atoms with Crippen molar-refractivity contribution in [2.75, 3.05) is 6.61 Å². The third kappa shape index (κ3) is 1.84. The van der Waals surface area contributed by atoms with Crippen LogP contribution < -0.4 is 4.74 Å². The summed E-state index contributed by atoms with van der Waals surface area (Å²) >= 11 is 0. The molecule has 84 valence electrons. The lowest BCUT2D eigenvalue weighted by molar-refractivity contribution is -0.136. The second-order valence-electron chi connectivity index (χ2n) is 3.58. The topological polar surface area (TPSA) is 83.8 Å². The summed E-state index contributed by atoms with van der Waals surface area (Å²) in [6.45, 7) is 0.248. The largest absolute Gasteiger partial charge is 0.504 e. The van der Waals surface area contributed by atoms with Crippen LogP contribution in [0.25, 0.3) is 0 Å². The molecule has 1 aliphatic rings. The van der Waals surface area contributed by atoms with E-state index < -0.39 is 5.97 Å². The normalized spacial score (nSPS) is 14.1. The maximum absolute atomic E-state index is 11.5. The number of fused-ring (bicyclic) bond motifs is 1. The zero-order valence-electron chi connectivity index (χ0n) is 8.40. The van der Waals surface area contributed by atoms with Crippen LogP contribution in [0.4, 0.5) is 0 Å². The Kier molecular flexibility index (Phi) is 2.52. The van der Waals surface area contributed by atoms with Crippen molar-refractivity contribution in [2.45, 2.75) is 12.8 Å². The molecule has 0 aromatic heterocycles. The zero-order chi connectivity index (χ0) is 11.7. The van der Waals surface area contributed by atoms with Gasteiger partial charge in [0.2, 0.25) is 0 Å². The number of aliphatic carboxylic acids is 1. The van der Waals surface area contributed by atoms with E-state index in [2.05, 4.69) is 0 Å². The molecule has 1 aromatic rings. The number of carbonyl (C=O) groups excluding carboxylic acids is 1. The predicted octanol–water partition coefficient (Wildman–Crippen LogP) is 0.984. The smallest absolute Gasteiger partial charge is 0.307 e. The van der Waals surface area contributed by atoms with Gasteiger partial charge in [0.15, 0.2) is 17.3 Å². The molecule has 1 heterocycles. The number of carboxylic acids is 1. The molecule has 2 rings (SSSR count). The van der Waals surface area contributed by atoms with E-state index in [-0.39, 0.29) is 42.3 Å². The first-order valence-electron chi connectivity index (χ1n) is 4.81. The molecule has 1 aromatic carbocycles. The molecule has 0 spiro atoms. The minimum absolute atomic E-state index is 0.135. The quantitative estimate of drug-likeness (QED) is 0.779. The van der Waals surface area contributed by atoms with Crippen molar-refractivity contribution in [1.82, 2.24) is 0 Å². The van der Waals surface area contributed by atoms with Crippen LogP contribution in [0, 0.1) is 0 Å². The fourth-order valence-electron chi connectivity index (χ4n) is 1.69. The average Bonchev–Trinajstić information content (AvgIpc) is 2.19. The van der Waals surface area contributed by atoms with Crippen molar-refractivity contribution in [3.63, 3.8) is 0 Å². The van der Waals surface area contributed by atoms with Gasteiger partial charge in [-0.2, -0.15) is 0 Å². The van der Waals surface area contributed by atoms with E-state index >= 15 is 0 Å². The molecule has 0 aliphatic carbocycles. The Bertz CT molecular complexity index is 464. The van der Waals surface area contributed by atoms with Crippen molar-refractivity contribution < 1.29 is 24.5 Å². The van der Waals surface area contributed by atoms with Crippen molar-refractivity contribution >= 4 is 11.8 Å². The summed E-state index contributed by atoms with van der Waals surface area (Å²) in [5.41, 5.74) is 0.658. The van der Waals surface area contributed by atoms with E-state index in [4.69, 9.17) is 9.84 Å². The van der Waals surface area contributed by atoms with Crippen molar-refractivity contribution in [3.05, 3.63) is 23.3 Å². The predicted molar refractivity (Wildman–Crippen MR) is 53.9 cm³/mol. The Hall–Kier alpha value is -2.04. The summed E-state index contributed by atoms with van der Waals surface area (Å²) in [6, 6.07) is 2.77. The van der Waals surface area contributed by atoms with Gasteiger partial charge in [0.25, 0.3) is 0 Å². The molecule has 0 amide bonds. The third-order valence-electron chi connectivity index (χ3n) is 2.36. The summed E-state index contributed by atoms with van der Waals surface area (Å²) < 4.78 is 5.17. The van der Waals surface area contributed by atoms with E-state index in [0.717, 1.165) is 0 Å². The van der Waals surface area contributed by atoms with Gasteiger partial charge in [0, 0.05) is 6.42 Å². The van der Waals surface area contributed by atoms with Crippen LogP contribution in [0.1, 0.15) is 22.3 Å². The number of carboxylic acid groups (broad SMARTS) is 1. The van der Waals surface area contributed by atoms with Gasteiger partial charge in [0.1, 0.15) is 0 Å². The van der Waals surface area contributed by atoms with Gasteiger partial charge in [-0.1, -0.05) is 0 Å². The SMILES string of the molecule is O=C(O)Cc1cc(O)c2c(c1)C(=O)CCO2. The van der Waals surface area contributed by atoms with Crippen LogP contribution in [-0.2, 0) is 11.2 Å². The molecule has 0 fully saturated rings. The van der Waals surface area contributed by atoms with Crippen LogP contribution in [0.3, 0.4) is 0 Å². The molecule has 0 bridgehead atoms. The molecule has 0 saturated heterocycles. The van der Waals surface area contributed by atoms with Crippen LogP contribution >= 0.6 is 0 Å². The maximum Gasteiger partial charge on any atom is 0.307 e. The number of ether oxygens (including phenoxy) is 1. The maximum atomic E-state index is 11.5. The number of phenolic OH excluding ortho intramolecular Hbond substituents is 1. The molecule has 5 nitrogen and oxygen atoms in total. The summed E-state index contributed by atoms with van der Waals surface area (Å²) in [5.74, 6) is -1.17. The van der Waals surface area contributed by atoms with Gasteiger partial charge in [-0.05, 0) is 17.7 Å². The standard InChI is InChI=1S/C11H10O5/c12-8-1-2-16-11-7(8)3-6(4-9(11)13)5-10(14)15/h3-4,13H,1-2,5H2,(H,14,15). The number of aromatic hydroxyl groups is 1. The molecule has 1 aliphatic heterocycles. The molecular weight excluding hydrogens is 212 g/mol. The fourth-order valence-corrected chi connectivity index (χ4v) is 1.69. The highest BCUT2D eigenvalue weighted by Crippen LogP contribution is 2.35.